The minimum absolute atomic E-state index is 0.156. The van der Waals surface area contributed by atoms with Crippen LogP contribution in [0.4, 0.5) is 0 Å². The second kappa shape index (κ2) is 6.00. The van der Waals surface area contributed by atoms with Gasteiger partial charge in [0, 0.05) is 11.1 Å². The molecule has 1 saturated carbocycles. The molecule has 2 unspecified atom stereocenters. The van der Waals surface area contributed by atoms with Crippen molar-refractivity contribution in [3.63, 3.8) is 0 Å². The lowest BCUT2D eigenvalue weighted by atomic mass is 9.95. The molecule has 0 amide bonds. The Balaban J connectivity index is 2.34. The largest absolute Gasteiger partial charge is 0.317 e. The Morgan fingerprint density at radius 1 is 1.26 bits per heavy atom. The molecule has 0 bridgehead atoms. The van der Waals surface area contributed by atoms with Gasteiger partial charge in [0.15, 0.2) is 9.84 Å². The minimum Gasteiger partial charge on any atom is -0.317 e. The van der Waals surface area contributed by atoms with Crippen molar-refractivity contribution in [2.75, 3.05) is 7.05 Å². The number of nitrogens with one attached hydrogen (secondary N) is 1. The van der Waals surface area contributed by atoms with Crippen molar-refractivity contribution >= 4 is 33.0 Å². The molecule has 0 aromatic heterocycles. The molecule has 1 aromatic carbocycles. The number of rotatable bonds is 3. The molecule has 0 radical (unpaired) electrons. The van der Waals surface area contributed by atoms with Gasteiger partial charge in [-0.25, -0.2) is 8.42 Å². The zero-order chi connectivity index (χ0) is 14.0. The maximum atomic E-state index is 12.7. The topological polar surface area (TPSA) is 46.2 Å². The van der Waals surface area contributed by atoms with Crippen LogP contribution in [0.5, 0.6) is 0 Å². The van der Waals surface area contributed by atoms with Gasteiger partial charge in [-0.15, -0.1) is 0 Å². The quantitative estimate of drug-likeness (QED) is 0.929. The molecule has 1 aliphatic rings. The minimum atomic E-state index is -3.41. The van der Waals surface area contributed by atoms with E-state index in [0.717, 1.165) is 12.8 Å². The maximum absolute atomic E-state index is 12.7. The predicted molar refractivity (Wildman–Crippen MR) is 78.8 cm³/mol. The summed E-state index contributed by atoms with van der Waals surface area (Å²) in [7, 11) is -1.55. The molecule has 0 aliphatic heterocycles. The van der Waals surface area contributed by atoms with E-state index >= 15 is 0 Å². The molecule has 2 rings (SSSR count). The highest BCUT2D eigenvalue weighted by Crippen LogP contribution is 2.33. The lowest BCUT2D eigenvalue weighted by molar-refractivity contribution is 0.391. The SMILES string of the molecule is CNC1CCCC(S(=O)(=O)c2cc(Cl)ccc2Cl)C1. The first kappa shape index (κ1) is 15.1. The Morgan fingerprint density at radius 3 is 2.68 bits per heavy atom. The van der Waals surface area contributed by atoms with Gasteiger partial charge in [-0.3, -0.25) is 0 Å². The summed E-state index contributed by atoms with van der Waals surface area (Å²) >= 11 is 11.9. The molecule has 3 nitrogen and oxygen atoms in total. The Bertz CT molecular complexity index is 560. The van der Waals surface area contributed by atoms with Crippen LogP contribution in [0, 0.1) is 0 Å². The molecule has 6 heteroatoms. The zero-order valence-electron chi connectivity index (χ0n) is 10.7. The summed E-state index contributed by atoms with van der Waals surface area (Å²) in [5, 5.41) is 3.42. The van der Waals surface area contributed by atoms with E-state index in [1.165, 1.54) is 12.1 Å². The number of sulfone groups is 1. The number of hydrogen-bond acceptors (Lipinski definition) is 3. The third kappa shape index (κ3) is 3.24. The molecule has 0 heterocycles. The summed E-state index contributed by atoms with van der Waals surface area (Å²) in [5.41, 5.74) is 0. The zero-order valence-corrected chi connectivity index (χ0v) is 13.0. The van der Waals surface area contributed by atoms with Gasteiger partial charge < -0.3 is 5.32 Å². The Morgan fingerprint density at radius 2 is 2.00 bits per heavy atom. The molecule has 19 heavy (non-hydrogen) atoms. The summed E-state index contributed by atoms with van der Waals surface area (Å²) in [5.74, 6) is 0. The smallest absolute Gasteiger partial charge is 0.182 e. The van der Waals surface area contributed by atoms with Gasteiger partial charge in [0.2, 0.25) is 0 Å². The highest BCUT2D eigenvalue weighted by Gasteiger charge is 2.33. The van der Waals surface area contributed by atoms with Crippen molar-refractivity contribution in [2.24, 2.45) is 0 Å². The van der Waals surface area contributed by atoms with Crippen LogP contribution >= 0.6 is 23.2 Å². The predicted octanol–water partition coefficient (Wildman–Crippen LogP) is 3.30. The molecule has 2 atom stereocenters. The fourth-order valence-electron chi connectivity index (χ4n) is 2.56. The molecule has 1 aliphatic carbocycles. The molecule has 106 valence electrons. The van der Waals surface area contributed by atoms with E-state index in [9.17, 15) is 8.42 Å². The molecule has 1 N–H and O–H groups in total. The number of benzene rings is 1. The van der Waals surface area contributed by atoms with Crippen molar-refractivity contribution in [3.05, 3.63) is 28.2 Å². The van der Waals surface area contributed by atoms with Crippen molar-refractivity contribution in [1.82, 2.24) is 5.32 Å². The number of hydrogen-bond donors (Lipinski definition) is 1. The molecule has 0 saturated heterocycles. The second-order valence-electron chi connectivity index (χ2n) is 4.89. The van der Waals surface area contributed by atoms with E-state index in [0.29, 0.717) is 17.9 Å². The lowest BCUT2D eigenvalue weighted by Crippen LogP contribution is -2.37. The van der Waals surface area contributed by atoms with Gasteiger partial charge in [-0.05, 0) is 44.5 Å². The molecular formula is C13H17Cl2NO2S. The summed E-state index contributed by atoms with van der Waals surface area (Å²) in [4.78, 5) is 0.156. The maximum Gasteiger partial charge on any atom is 0.182 e. The van der Waals surface area contributed by atoms with Gasteiger partial charge in [-0.1, -0.05) is 29.6 Å². The monoisotopic (exact) mass is 321 g/mol. The van der Waals surface area contributed by atoms with E-state index in [1.54, 1.807) is 6.07 Å². The lowest BCUT2D eigenvalue weighted by Gasteiger charge is -2.28. The standard InChI is InChI=1S/C13H17Cl2NO2S/c1-16-10-3-2-4-11(8-10)19(17,18)13-7-9(14)5-6-12(13)15/h5-7,10-11,16H,2-4,8H2,1H3. The highest BCUT2D eigenvalue weighted by atomic mass is 35.5. The van der Waals surface area contributed by atoms with Gasteiger partial charge >= 0.3 is 0 Å². The Kier molecular flexibility index (Phi) is 4.77. The highest BCUT2D eigenvalue weighted by molar-refractivity contribution is 7.92. The van der Waals surface area contributed by atoms with Crippen LogP contribution in [-0.2, 0) is 9.84 Å². The van der Waals surface area contributed by atoms with Gasteiger partial charge in [0.05, 0.1) is 15.2 Å². The van der Waals surface area contributed by atoms with Crippen molar-refractivity contribution in [3.8, 4) is 0 Å². The summed E-state index contributed by atoms with van der Waals surface area (Å²) in [6, 6.07) is 4.84. The van der Waals surface area contributed by atoms with Crippen LogP contribution in [0.25, 0.3) is 0 Å². The van der Waals surface area contributed by atoms with E-state index in [4.69, 9.17) is 23.2 Å². The first-order valence-corrected chi connectivity index (χ1v) is 8.61. The fraction of sp³-hybridized carbons (Fsp3) is 0.538. The Labute approximate surface area is 124 Å². The van der Waals surface area contributed by atoms with Crippen LogP contribution in [-0.4, -0.2) is 26.8 Å². The number of halogens is 2. The van der Waals surface area contributed by atoms with E-state index in [2.05, 4.69) is 5.32 Å². The average molecular weight is 322 g/mol. The fourth-order valence-corrected chi connectivity index (χ4v) is 5.19. The molecule has 1 fully saturated rings. The molecule has 1 aromatic rings. The van der Waals surface area contributed by atoms with Crippen LogP contribution in [0.3, 0.4) is 0 Å². The van der Waals surface area contributed by atoms with E-state index in [-0.39, 0.29) is 21.2 Å². The van der Waals surface area contributed by atoms with Crippen molar-refractivity contribution < 1.29 is 8.42 Å². The van der Waals surface area contributed by atoms with Gasteiger partial charge in [0.25, 0.3) is 0 Å². The summed E-state index contributed by atoms with van der Waals surface area (Å²) < 4.78 is 25.3. The third-order valence-electron chi connectivity index (χ3n) is 3.67. The van der Waals surface area contributed by atoms with Gasteiger partial charge in [-0.2, -0.15) is 0 Å². The van der Waals surface area contributed by atoms with Crippen LogP contribution in [0.15, 0.2) is 23.1 Å². The summed E-state index contributed by atoms with van der Waals surface area (Å²) in [6.45, 7) is 0. The average Bonchev–Trinajstić information content (AvgIpc) is 2.41. The van der Waals surface area contributed by atoms with Crippen molar-refractivity contribution in [2.45, 2.75) is 41.9 Å². The first-order valence-electron chi connectivity index (χ1n) is 6.31. The first-order chi connectivity index (χ1) is 8.95. The van der Waals surface area contributed by atoms with E-state index < -0.39 is 9.84 Å². The normalized spacial score (nSPS) is 24.4. The molecule has 0 spiro atoms. The van der Waals surface area contributed by atoms with Gasteiger partial charge in [0.1, 0.15) is 0 Å². The van der Waals surface area contributed by atoms with Crippen LogP contribution < -0.4 is 5.32 Å². The van der Waals surface area contributed by atoms with Crippen LogP contribution in [0.2, 0.25) is 10.0 Å². The van der Waals surface area contributed by atoms with Crippen LogP contribution in [0.1, 0.15) is 25.7 Å². The second-order valence-corrected chi connectivity index (χ2v) is 7.93. The third-order valence-corrected chi connectivity index (χ3v) is 6.61. The molecular weight excluding hydrogens is 305 g/mol. The van der Waals surface area contributed by atoms with Crippen molar-refractivity contribution in [1.29, 1.82) is 0 Å². The Hall–Kier alpha value is -0.290. The van der Waals surface area contributed by atoms with E-state index in [1.807, 2.05) is 7.05 Å². The summed E-state index contributed by atoms with van der Waals surface area (Å²) in [6.07, 6.45) is 3.24.